The van der Waals surface area contributed by atoms with Crippen molar-refractivity contribution in [3.63, 3.8) is 0 Å². The van der Waals surface area contributed by atoms with Gasteiger partial charge in [0.05, 0.1) is 0 Å². The molecule has 2 saturated heterocycles. The van der Waals surface area contributed by atoms with Gasteiger partial charge in [-0.25, -0.2) is 4.39 Å². The van der Waals surface area contributed by atoms with Gasteiger partial charge in [0.25, 0.3) is 0 Å². The van der Waals surface area contributed by atoms with Crippen LogP contribution >= 0.6 is 0 Å². The Kier molecular flexibility index (Phi) is 6.24. The number of piperidine rings is 2. The van der Waals surface area contributed by atoms with Crippen molar-refractivity contribution >= 4 is 5.91 Å². The van der Waals surface area contributed by atoms with Gasteiger partial charge in [0.15, 0.2) is 0 Å². The largest absolute Gasteiger partial charge is 0.343 e. The highest BCUT2D eigenvalue weighted by atomic mass is 19.1. The van der Waals surface area contributed by atoms with E-state index in [4.69, 9.17) is 0 Å². The van der Waals surface area contributed by atoms with Gasteiger partial charge in [-0.05, 0) is 81.1 Å². The number of likely N-dealkylation sites (tertiary alicyclic amines) is 1. The minimum absolute atomic E-state index is 0.155. The van der Waals surface area contributed by atoms with Crippen LogP contribution in [0.3, 0.4) is 0 Å². The summed E-state index contributed by atoms with van der Waals surface area (Å²) in [6.45, 7) is 3.94. The lowest BCUT2D eigenvalue weighted by Crippen LogP contribution is -2.39. The summed E-state index contributed by atoms with van der Waals surface area (Å²) in [6.07, 6.45) is 7.18. The molecule has 24 heavy (non-hydrogen) atoms. The molecule has 1 aromatic carbocycles. The summed E-state index contributed by atoms with van der Waals surface area (Å²) in [6, 6.07) is 6.91. The molecule has 0 unspecified atom stereocenters. The van der Waals surface area contributed by atoms with E-state index < -0.39 is 0 Å². The number of halogens is 1. The predicted octanol–water partition coefficient (Wildman–Crippen LogP) is 3.39. The van der Waals surface area contributed by atoms with Crippen molar-refractivity contribution in [3.8, 4) is 0 Å². The molecule has 0 radical (unpaired) electrons. The van der Waals surface area contributed by atoms with Gasteiger partial charge in [0.1, 0.15) is 5.82 Å². The van der Waals surface area contributed by atoms with E-state index in [9.17, 15) is 9.18 Å². The minimum Gasteiger partial charge on any atom is -0.343 e. The Hall–Kier alpha value is -1.42. The normalized spacial score (nSPS) is 20.3. The number of rotatable bonds is 5. The van der Waals surface area contributed by atoms with Crippen LogP contribution in [0.4, 0.5) is 4.39 Å². The van der Waals surface area contributed by atoms with Gasteiger partial charge in [-0.1, -0.05) is 12.1 Å². The molecule has 0 spiro atoms. The van der Waals surface area contributed by atoms with Crippen molar-refractivity contribution in [3.05, 3.63) is 35.6 Å². The Morgan fingerprint density at radius 2 is 1.88 bits per heavy atom. The van der Waals surface area contributed by atoms with Gasteiger partial charge in [-0.15, -0.1) is 0 Å². The Bertz CT molecular complexity index is 534. The second kappa shape index (κ2) is 8.61. The highest BCUT2D eigenvalue weighted by Crippen LogP contribution is 2.24. The average Bonchev–Trinajstić information content (AvgIpc) is 2.61. The number of benzene rings is 1. The topological polar surface area (TPSA) is 32.3 Å². The fourth-order valence-electron chi connectivity index (χ4n) is 4.04. The van der Waals surface area contributed by atoms with Gasteiger partial charge >= 0.3 is 0 Å². The van der Waals surface area contributed by atoms with Crippen molar-refractivity contribution in [1.82, 2.24) is 10.2 Å². The molecule has 0 atom stereocenters. The fraction of sp³-hybridized carbons (Fsp3) is 0.650. The molecule has 1 amide bonds. The van der Waals surface area contributed by atoms with E-state index in [1.807, 2.05) is 11.0 Å². The molecular formula is C20H29FN2O. The first-order valence-electron chi connectivity index (χ1n) is 9.43. The molecule has 3 rings (SSSR count). The standard InChI is InChI=1S/C20H29FN2O/c21-19-3-1-2-18(15-19)14-17-8-12-23(13-9-17)20(24)5-4-16-6-10-22-11-7-16/h1-3,15-17,22H,4-14H2. The summed E-state index contributed by atoms with van der Waals surface area (Å²) in [5, 5.41) is 3.38. The fourth-order valence-corrected chi connectivity index (χ4v) is 4.04. The molecular weight excluding hydrogens is 303 g/mol. The third-order valence-corrected chi connectivity index (χ3v) is 5.61. The van der Waals surface area contributed by atoms with E-state index in [0.717, 1.165) is 63.3 Å². The van der Waals surface area contributed by atoms with Crippen molar-refractivity contribution in [2.75, 3.05) is 26.2 Å². The van der Waals surface area contributed by atoms with E-state index in [2.05, 4.69) is 5.32 Å². The van der Waals surface area contributed by atoms with Crippen molar-refractivity contribution in [2.24, 2.45) is 11.8 Å². The minimum atomic E-state index is -0.155. The smallest absolute Gasteiger partial charge is 0.222 e. The Morgan fingerprint density at radius 1 is 1.12 bits per heavy atom. The molecule has 132 valence electrons. The molecule has 2 heterocycles. The molecule has 1 aromatic rings. The van der Waals surface area contributed by atoms with E-state index in [1.165, 1.54) is 18.9 Å². The molecule has 0 saturated carbocycles. The molecule has 1 N–H and O–H groups in total. The van der Waals surface area contributed by atoms with Crippen LogP contribution in [-0.2, 0) is 11.2 Å². The van der Waals surface area contributed by atoms with Gasteiger partial charge in [0.2, 0.25) is 5.91 Å². The van der Waals surface area contributed by atoms with Crippen LogP contribution in [0.2, 0.25) is 0 Å². The van der Waals surface area contributed by atoms with Crippen LogP contribution in [0.5, 0.6) is 0 Å². The van der Waals surface area contributed by atoms with Gasteiger partial charge in [-0.2, -0.15) is 0 Å². The molecule has 2 aliphatic rings. The van der Waals surface area contributed by atoms with Crippen LogP contribution < -0.4 is 5.32 Å². The number of nitrogens with one attached hydrogen (secondary N) is 1. The molecule has 0 aliphatic carbocycles. The van der Waals surface area contributed by atoms with Gasteiger partial charge < -0.3 is 10.2 Å². The Labute approximate surface area is 144 Å². The summed E-state index contributed by atoms with van der Waals surface area (Å²) < 4.78 is 13.3. The zero-order valence-electron chi connectivity index (χ0n) is 14.5. The zero-order chi connectivity index (χ0) is 16.8. The second-order valence-electron chi connectivity index (χ2n) is 7.39. The number of carbonyl (C=O) groups excluding carboxylic acids is 1. The van der Waals surface area contributed by atoms with E-state index in [1.54, 1.807) is 12.1 Å². The molecule has 0 bridgehead atoms. The Morgan fingerprint density at radius 3 is 2.58 bits per heavy atom. The van der Waals surface area contributed by atoms with Crippen LogP contribution in [0.1, 0.15) is 44.1 Å². The first kappa shape index (κ1) is 17.4. The summed E-state index contributed by atoms with van der Waals surface area (Å²) in [5.41, 5.74) is 1.07. The number of nitrogens with zero attached hydrogens (tertiary/aromatic N) is 1. The van der Waals surface area contributed by atoms with Crippen LogP contribution in [0, 0.1) is 17.7 Å². The monoisotopic (exact) mass is 332 g/mol. The zero-order valence-corrected chi connectivity index (χ0v) is 14.5. The summed E-state index contributed by atoms with van der Waals surface area (Å²) in [7, 11) is 0. The van der Waals surface area contributed by atoms with Crippen molar-refractivity contribution < 1.29 is 9.18 Å². The van der Waals surface area contributed by atoms with E-state index in [0.29, 0.717) is 18.2 Å². The molecule has 2 fully saturated rings. The lowest BCUT2D eigenvalue weighted by molar-refractivity contribution is -0.132. The van der Waals surface area contributed by atoms with Gasteiger partial charge in [-0.3, -0.25) is 4.79 Å². The predicted molar refractivity (Wildman–Crippen MR) is 94.2 cm³/mol. The quantitative estimate of drug-likeness (QED) is 0.896. The summed E-state index contributed by atoms with van der Waals surface area (Å²) in [5.74, 6) is 1.47. The number of amides is 1. The maximum Gasteiger partial charge on any atom is 0.222 e. The number of carbonyl (C=O) groups is 1. The van der Waals surface area contributed by atoms with Crippen LogP contribution in [-0.4, -0.2) is 37.0 Å². The maximum absolute atomic E-state index is 13.3. The second-order valence-corrected chi connectivity index (χ2v) is 7.39. The highest BCUT2D eigenvalue weighted by Gasteiger charge is 2.24. The molecule has 2 aliphatic heterocycles. The third kappa shape index (κ3) is 5.04. The molecule has 3 nitrogen and oxygen atoms in total. The number of hydrogen-bond acceptors (Lipinski definition) is 2. The van der Waals surface area contributed by atoms with E-state index >= 15 is 0 Å². The lowest BCUT2D eigenvalue weighted by Gasteiger charge is -2.32. The van der Waals surface area contributed by atoms with Crippen LogP contribution in [0.25, 0.3) is 0 Å². The first-order valence-corrected chi connectivity index (χ1v) is 9.43. The van der Waals surface area contributed by atoms with Crippen molar-refractivity contribution in [2.45, 2.75) is 44.9 Å². The Balaban J connectivity index is 1.38. The van der Waals surface area contributed by atoms with E-state index in [-0.39, 0.29) is 5.82 Å². The number of hydrogen-bond donors (Lipinski definition) is 1. The average molecular weight is 332 g/mol. The maximum atomic E-state index is 13.3. The first-order chi connectivity index (χ1) is 11.7. The van der Waals surface area contributed by atoms with Crippen molar-refractivity contribution in [1.29, 1.82) is 0 Å². The SMILES string of the molecule is O=C(CCC1CCNCC1)N1CCC(Cc2cccc(F)c2)CC1. The summed E-state index contributed by atoms with van der Waals surface area (Å²) in [4.78, 5) is 14.5. The highest BCUT2D eigenvalue weighted by molar-refractivity contribution is 5.76. The van der Waals surface area contributed by atoms with Crippen LogP contribution in [0.15, 0.2) is 24.3 Å². The third-order valence-electron chi connectivity index (χ3n) is 5.61. The lowest BCUT2D eigenvalue weighted by atomic mass is 9.89. The van der Waals surface area contributed by atoms with Gasteiger partial charge in [0, 0.05) is 19.5 Å². The molecule has 4 heteroatoms. The summed E-state index contributed by atoms with van der Waals surface area (Å²) >= 11 is 0. The molecule has 0 aromatic heterocycles.